The first-order valence-corrected chi connectivity index (χ1v) is 12.2. The van der Waals surface area contributed by atoms with Crippen LogP contribution in [-0.2, 0) is 15.6 Å². The predicted molar refractivity (Wildman–Crippen MR) is 129 cm³/mol. The molecule has 0 unspecified atom stereocenters. The summed E-state index contributed by atoms with van der Waals surface area (Å²) in [4.78, 5) is 25.4. The van der Waals surface area contributed by atoms with Crippen molar-refractivity contribution < 1.29 is 22.3 Å². The fourth-order valence-electron chi connectivity index (χ4n) is 3.32. The summed E-state index contributed by atoms with van der Waals surface area (Å²) in [7, 11) is -0.717. The van der Waals surface area contributed by atoms with E-state index in [1.54, 1.807) is 20.8 Å². The topological polar surface area (TPSA) is 140 Å². The summed E-state index contributed by atoms with van der Waals surface area (Å²) in [5.41, 5.74) is 5.41. The Hall–Kier alpha value is -3.12. The van der Waals surface area contributed by atoms with Crippen molar-refractivity contribution in [3.63, 3.8) is 0 Å². The van der Waals surface area contributed by atoms with Gasteiger partial charge in [0.2, 0.25) is 15.9 Å². The molecule has 0 aliphatic carbocycles. The normalized spacial score (nSPS) is 14.1. The minimum Gasteiger partial charge on any atom is -0.480 e. The van der Waals surface area contributed by atoms with Crippen molar-refractivity contribution in [3.8, 4) is 5.88 Å². The van der Waals surface area contributed by atoms with Crippen LogP contribution in [0.5, 0.6) is 5.88 Å². The Morgan fingerprint density at radius 2 is 2.03 bits per heavy atom. The van der Waals surface area contributed by atoms with E-state index in [-0.39, 0.29) is 41.0 Å². The number of sulfonamides is 1. The summed E-state index contributed by atoms with van der Waals surface area (Å²) in [5, 5.41) is 2.68. The molecule has 1 heterocycles. The fourth-order valence-corrected chi connectivity index (χ4v) is 4.21. The molecule has 1 aromatic carbocycles. The molecule has 0 fully saturated rings. The third-order valence-corrected chi connectivity index (χ3v) is 7.08. The molecule has 1 atom stereocenters. The van der Waals surface area contributed by atoms with Crippen LogP contribution in [-0.4, -0.2) is 60.9 Å². The Balaban J connectivity index is 2.48. The van der Waals surface area contributed by atoms with Gasteiger partial charge in [-0.1, -0.05) is 6.92 Å². The summed E-state index contributed by atoms with van der Waals surface area (Å²) < 4.78 is 45.9. The average molecular weight is 495 g/mol. The van der Waals surface area contributed by atoms with Gasteiger partial charge in [-0.2, -0.15) is 0 Å². The molecule has 12 heteroatoms. The van der Waals surface area contributed by atoms with Gasteiger partial charge in [-0.25, -0.2) is 27.1 Å². The number of halogens is 1. The van der Waals surface area contributed by atoms with Crippen LogP contribution >= 0.6 is 0 Å². The largest absolute Gasteiger partial charge is 0.480 e. The minimum absolute atomic E-state index is 0.0801. The number of nitrogens with zero attached hydrogens (tertiary/aromatic N) is 4. The maximum atomic E-state index is 15.0. The van der Waals surface area contributed by atoms with Crippen LogP contribution < -0.4 is 15.8 Å². The number of aromatic nitrogens is 2. The van der Waals surface area contributed by atoms with E-state index in [2.05, 4.69) is 20.3 Å². The number of benzene rings is 1. The molecule has 2 aromatic rings. The maximum Gasteiger partial charge on any atom is 0.276 e. The second kappa shape index (κ2) is 10.9. The number of rotatable bonds is 10. The zero-order valence-corrected chi connectivity index (χ0v) is 21.0. The fraction of sp³-hybridized carbons (Fsp3) is 0.455. The summed E-state index contributed by atoms with van der Waals surface area (Å²) in [6.45, 7) is 6.37. The highest BCUT2D eigenvalue weighted by molar-refractivity contribution is 7.89. The molecular formula is C22H31FN6O4S. The van der Waals surface area contributed by atoms with E-state index in [4.69, 9.17) is 10.5 Å². The van der Waals surface area contributed by atoms with E-state index < -0.39 is 27.3 Å². The number of aliphatic imine (C=N–C) groups is 1. The smallest absolute Gasteiger partial charge is 0.276 e. The van der Waals surface area contributed by atoms with E-state index in [9.17, 15) is 13.2 Å². The molecule has 0 spiro atoms. The molecule has 10 nitrogen and oxygen atoms in total. The highest BCUT2D eigenvalue weighted by atomic mass is 32.2. The van der Waals surface area contributed by atoms with Crippen molar-refractivity contribution in [2.24, 2.45) is 10.7 Å². The minimum atomic E-state index is -3.56. The number of methoxy groups -OCH3 is 1. The van der Waals surface area contributed by atoms with Gasteiger partial charge in [0.1, 0.15) is 17.1 Å². The van der Waals surface area contributed by atoms with E-state index >= 15 is 4.39 Å². The lowest BCUT2D eigenvalue weighted by molar-refractivity contribution is 0.102. The van der Waals surface area contributed by atoms with Gasteiger partial charge < -0.3 is 15.8 Å². The number of nitrogens with one attached hydrogen (secondary N) is 1. The molecule has 1 aromatic heterocycles. The van der Waals surface area contributed by atoms with Crippen LogP contribution in [0.15, 0.2) is 29.4 Å². The van der Waals surface area contributed by atoms with E-state index in [0.717, 1.165) is 4.31 Å². The number of carbonyl (C=O) groups excluding carboxylic acids is 1. The number of likely N-dealkylation sites (N-methyl/N-ethyl adjacent to an activating group) is 1. The van der Waals surface area contributed by atoms with Gasteiger partial charge in [0, 0.05) is 31.3 Å². The van der Waals surface area contributed by atoms with Crippen molar-refractivity contribution in [3.05, 3.63) is 47.2 Å². The Morgan fingerprint density at radius 1 is 1.35 bits per heavy atom. The second-order valence-corrected chi connectivity index (χ2v) is 10.2. The quantitative estimate of drug-likeness (QED) is 0.382. The lowest BCUT2D eigenvalue weighted by Gasteiger charge is -2.31. The molecule has 34 heavy (non-hydrogen) atoms. The van der Waals surface area contributed by atoms with E-state index in [1.807, 2.05) is 0 Å². The molecular weight excluding hydrogens is 463 g/mol. The van der Waals surface area contributed by atoms with Gasteiger partial charge >= 0.3 is 0 Å². The lowest BCUT2D eigenvalue weighted by atomic mass is 9.91. The van der Waals surface area contributed by atoms with E-state index in [0.29, 0.717) is 12.1 Å². The molecule has 0 saturated heterocycles. The van der Waals surface area contributed by atoms with Crippen molar-refractivity contribution in [1.82, 2.24) is 14.3 Å². The predicted octanol–water partition coefficient (Wildman–Crippen LogP) is 2.45. The number of amidine groups is 1. The number of carbonyl (C=O) groups is 1. The molecule has 0 aliphatic rings. The van der Waals surface area contributed by atoms with E-state index in [1.165, 1.54) is 45.5 Å². The van der Waals surface area contributed by atoms with Crippen molar-refractivity contribution in [1.29, 1.82) is 0 Å². The molecule has 3 N–H and O–H groups in total. The number of aryl methyl sites for hydroxylation is 1. The van der Waals surface area contributed by atoms with Crippen LogP contribution in [0.2, 0.25) is 0 Å². The van der Waals surface area contributed by atoms with Crippen LogP contribution in [0.1, 0.15) is 48.9 Å². The summed E-state index contributed by atoms with van der Waals surface area (Å²) in [5.74, 6) is -0.771. The monoisotopic (exact) mass is 494 g/mol. The second-order valence-electron chi connectivity index (χ2n) is 7.88. The van der Waals surface area contributed by atoms with Crippen LogP contribution in [0.25, 0.3) is 0 Å². The van der Waals surface area contributed by atoms with Crippen LogP contribution in [0, 0.1) is 12.7 Å². The highest BCUT2D eigenvalue weighted by Crippen LogP contribution is 2.32. The third kappa shape index (κ3) is 6.26. The molecule has 0 radical (unpaired) electrons. The molecule has 1 amide bonds. The van der Waals surface area contributed by atoms with Crippen molar-refractivity contribution in [2.75, 3.05) is 31.8 Å². The van der Waals surface area contributed by atoms with Crippen LogP contribution in [0.4, 0.5) is 10.1 Å². The van der Waals surface area contributed by atoms with Crippen molar-refractivity contribution >= 4 is 27.5 Å². The number of hydrogen-bond donors (Lipinski definition) is 2. The Kier molecular flexibility index (Phi) is 8.67. The molecule has 0 aliphatic heterocycles. The number of amides is 1. The van der Waals surface area contributed by atoms with Gasteiger partial charge in [0.15, 0.2) is 0 Å². The zero-order valence-electron chi connectivity index (χ0n) is 20.2. The molecule has 0 saturated carbocycles. The number of hydrogen-bond acceptors (Lipinski definition) is 7. The first-order chi connectivity index (χ1) is 15.9. The van der Waals surface area contributed by atoms with Crippen molar-refractivity contribution in [2.45, 2.75) is 39.7 Å². The first-order valence-electron chi connectivity index (χ1n) is 10.6. The standard InChI is InChI=1S/C22H31FN6O4S/c1-7-18(24)28-22(4,13-29(5)34(31,32)8-2)16-11-15(9-10-17(16)23)27-21(30)20-14(3)26-19(33-6)12-25-20/h9-12H,7-8,13H2,1-6H3,(H2,24,28)(H,27,30)/t22-/m0/s1. The summed E-state index contributed by atoms with van der Waals surface area (Å²) in [6, 6.07) is 3.99. The Morgan fingerprint density at radius 3 is 2.59 bits per heavy atom. The highest BCUT2D eigenvalue weighted by Gasteiger charge is 2.34. The first kappa shape index (κ1) is 27.1. The van der Waals surface area contributed by atoms with Gasteiger partial charge in [0.25, 0.3) is 5.91 Å². The Labute approximate surface area is 199 Å². The SMILES string of the molecule is CCC(N)=N[C@@](C)(CN(C)S(=O)(=O)CC)c1cc(NC(=O)c2ncc(OC)nc2C)ccc1F. The number of anilines is 1. The zero-order chi connectivity index (χ0) is 25.7. The number of nitrogens with two attached hydrogens (primary N) is 1. The third-order valence-electron chi connectivity index (χ3n) is 5.28. The Bertz CT molecular complexity index is 1190. The molecule has 186 valence electrons. The van der Waals surface area contributed by atoms with Gasteiger partial charge in [-0.05, 0) is 39.0 Å². The average Bonchev–Trinajstić information content (AvgIpc) is 2.79. The van der Waals surface area contributed by atoms with Gasteiger partial charge in [-0.3, -0.25) is 9.79 Å². The van der Waals surface area contributed by atoms with Gasteiger partial charge in [-0.15, -0.1) is 0 Å². The lowest BCUT2D eigenvalue weighted by Crippen LogP contribution is -2.41. The molecule has 0 bridgehead atoms. The summed E-state index contributed by atoms with van der Waals surface area (Å²) >= 11 is 0. The van der Waals surface area contributed by atoms with Crippen LogP contribution in [0.3, 0.4) is 0 Å². The van der Waals surface area contributed by atoms with Gasteiger partial charge in [0.05, 0.1) is 30.6 Å². The number of ether oxygens (including phenoxy) is 1. The maximum absolute atomic E-state index is 15.0. The summed E-state index contributed by atoms with van der Waals surface area (Å²) in [6.07, 6.45) is 1.72. The molecule has 2 rings (SSSR count).